The molecule has 0 heterocycles. The van der Waals surface area contributed by atoms with Crippen molar-refractivity contribution < 1.29 is 0 Å². The van der Waals surface area contributed by atoms with Crippen molar-refractivity contribution in [3.8, 4) is 0 Å². The monoisotopic (exact) mass is 348 g/mol. The molecule has 0 nitrogen and oxygen atoms in total. The third-order valence-electron chi connectivity index (χ3n) is 1.39. The molecule has 0 amide bonds. The van der Waals surface area contributed by atoms with Gasteiger partial charge in [-0.2, -0.15) is 0 Å². The lowest BCUT2D eigenvalue weighted by atomic mass is 10.2. The fraction of sp³-hybridized carbons (Fsp3) is 1.00. The maximum Gasteiger partial charge on any atom is 0.191 e. The molecule has 0 bridgehead atoms. The Morgan fingerprint density at radius 3 is 2.00 bits per heavy atom. The van der Waals surface area contributed by atoms with Gasteiger partial charge in [0.15, 0.2) is 3.79 Å². The van der Waals surface area contributed by atoms with Crippen LogP contribution < -0.4 is 0 Å². The van der Waals surface area contributed by atoms with Gasteiger partial charge in [-0.05, 0) is 19.3 Å². The first-order valence-electron chi connectivity index (χ1n) is 3.80. The molecule has 1 atom stereocenters. The minimum atomic E-state index is -1.19. The third-order valence-corrected chi connectivity index (χ3v) is 3.07. The Bertz CT molecular complexity index is 133. The van der Waals surface area contributed by atoms with Crippen molar-refractivity contribution in [3.05, 3.63) is 0 Å². The van der Waals surface area contributed by atoms with E-state index in [4.69, 9.17) is 58.0 Å². The van der Waals surface area contributed by atoms with Crippen molar-refractivity contribution in [2.75, 3.05) is 0 Å². The smallest absolute Gasteiger partial charge is 0.105 e. The van der Waals surface area contributed by atoms with Crippen LogP contribution in [0.1, 0.15) is 25.7 Å². The van der Waals surface area contributed by atoms with Crippen LogP contribution >= 0.6 is 73.9 Å². The highest BCUT2D eigenvalue weighted by atomic mass is 79.9. The van der Waals surface area contributed by atoms with Gasteiger partial charge in [-0.1, -0.05) is 50.7 Å². The highest BCUT2D eigenvalue weighted by Gasteiger charge is 2.23. The van der Waals surface area contributed by atoms with Crippen molar-refractivity contribution in [2.45, 2.75) is 39.1 Å². The maximum absolute atomic E-state index is 5.62. The summed E-state index contributed by atoms with van der Waals surface area (Å²) in [5, 5.41) is 0. The summed E-state index contributed by atoms with van der Waals surface area (Å²) in [6.45, 7) is 0. The minimum Gasteiger partial charge on any atom is -0.105 e. The zero-order valence-corrected chi connectivity index (χ0v) is 12.1. The number of hydrogen-bond donors (Lipinski definition) is 0. The fourth-order valence-corrected chi connectivity index (χ4v) is 3.08. The van der Waals surface area contributed by atoms with E-state index in [0.29, 0.717) is 6.42 Å². The second-order valence-electron chi connectivity index (χ2n) is 2.74. The summed E-state index contributed by atoms with van der Waals surface area (Å²) in [7, 11) is 0. The molecule has 0 rings (SSSR count). The number of hydrogen-bond acceptors (Lipinski definition) is 0. The quantitative estimate of drug-likeness (QED) is 0.575. The molecular weight excluding hydrogens is 341 g/mol. The topological polar surface area (TPSA) is 0 Å². The van der Waals surface area contributed by atoms with E-state index in [0.717, 1.165) is 19.3 Å². The van der Waals surface area contributed by atoms with Crippen LogP contribution in [0.3, 0.4) is 0 Å². The van der Waals surface area contributed by atoms with Gasteiger partial charge in [-0.15, -0.1) is 23.2 Å². The summed E-state index contributed by atoms with van der Waals surface area (Å²) in [4.78, 5) is -0.0976. The van der Waals surface area contributed by atoms with Gasteiger partial charge < -0.3 is 0 Å². The van der Waals surface area contributed by atoms with Crippen LogP contribution in [-0.4, -0.2) is 13.5 Å². The lowest BCUT2D eigenvalue weighted by molar-refractivity contribution is 0.655. The molecule has 0 saturated carbocycles. The molecule has 0 aromatic heterocycles. The average molecular weight is 351 g/mol. The minimum absolute atomic E-state index is 0.201. The Labute approximate surface area is 112 Å². The van der Waals surface area contributed by atoms with E-state index in [-0.39, 0.29) is 9.66 Å². The van der Waals surface area contributed by atoms with Crippen molar-refractivity contribution in [1.29, 1.82) is 0 Å². The van der Waals surface area contributed by atoms with Crippen molar-refractivity contribution in [3.63, 3.8) is 0 Å². The first kappa shape index (κ1) is 14.9. The fourth-order valence-electron chi connectivity index (χ4n) is 0.847. The normalized spacial score (nSPS) is 15.0. The second-order valence-corrected chi connectivity index (χ2v) is 7.83. The molecule has 0 saturated heterocycles. The summed E-state index contributed by atoms with van der Waals surface area (Å²) >= 11 is 31.4. The van der Waals surface area contributed by atoms with Crippen LogP contribution in [0.5, 0.6) is 0 Å². The highest BCUT2D eigenvalue weighted by molar-refractivity contribution is 9.09. The molecule has 13 heavy (non-hydrogen) atoms. The van der Waals surface area contributed by atoms with E-state index < -0.39 is 3.79 Å². The number of rotatable bonds is 5. The van der Waals surface area contributed by atoms with Gasteiger partial charge in [0.2, 0.25) is 0 Å². The van der Waals surface area contributed by atoms with E-state index in [1.165, 1.54) is 0 Å². The summed E-state index contributed by atoms with van der Waals surface area (Å²) in [6, 6.07) is 0. The summed E-state index contributed by atoms with van der Waals surface area (Å²) < 4.78 is -1.19. The standard InChI is InChI=1S/C7H10BrCl5/c8-5(4-7(11,12)13)2-1-3-6(9)10/h5-6H,1-4H2. The van der Waals surface area contributed by atoms with Crippen LogP contribution in [0.2, 0.25) is 0 Å². The van der Waals surface area contributed by atoms with Crippen LogP contribution in [0.15, 0.2) is 0 Å². The lowest BCUT2D eigenvalue weighted by Gasteiger charge is -2.15. The molecule has 0 aliphatic rings. The molecule has 0 aliphatic heterocycles. The van der Waals surface area contributed by atoms with Crippen LogP contribution in [0.25, 0.3) is 0 Å². The molecule has 80 valence electrons. The van der Waals surface area contributed by atoms with E-state index >= 15 is 0 Å². The van der Waals surface area contributed by atoms with Crippen LogP contribution in [-0.2, 0) is 0 Å². The predicted octanol–water partition coefficient (Wildman–Crippen LogP) is 5.48. The van der Waals surface area contributed by atoms with Gasteiger partial charge in [0.1, 0.15) is 4.84 Å². The van der Waals surface area contributed by atoms with E-state index in [1.807, 2.05) is 0 Å². The molecule has 0 aliphatic carbocycles. The van der Waals surface area contributed by atoms with Crippen molar-refractivity contribution >= 4 is 73.9 Å². The molecule has 0 fully saturated rings. The third kappa shape index (κ3) is 11.9. The first-order chi connectivity index (χ1) is 5.81. The Hall–Kier alpha value is 1.93. The Morgan fingerprint density at radius 1 is 1.08 bits per heavy atom. The lowest BCUT2D eigenvalue weighted by Crippen LogP contribution is -2.11. The summed E-state index contributed by atoms with van der Waals surface area (Å²) in [5.74, 6) is 0. The maximum atomic E-state index is 5.62. The predicted molar refractivity (Wildman–Crippen MR) is 67.0 cm³/mol. The van der Waals surface area contributed by atoms with Gasteiger partial charge in [0, 0.05) is 11.2 Å². The molecule has 0 N–H and O–H groups in total. The Balaban J connectivity index is 3.46. The first-order valence-corrected chi connectivity index (χ1v) is 6.72. The van der Waals surface area contributed by atoms with Gasteiger partial charge in [-0.25, -0.2) is 0 Å². The highest BCUT2D eigenvalue weighted by Crippen LogP contribution is 2.35. The van der Waals surface area contributed by atoms with Crippen molar-refractivity contribution in [2.24, 2.45) is 0 Å². The van der Waals surface area contributed by atoms with Crippen molar-refractivity contribution in [1.82, 2.24) is 0 Å². The van der Waals surface area contributed by atoms with Crippen LogP contribution in [0.4, 0.5) is 0 Å². The molecule has 6 heteroatoms. The summed E-state index contributed by atoms with van der Waals surface area (Å²) in [5.41, 5.74) is 0. The number of alkyl halides is 6. The van der Waals surface area contributed by atoms with Gasteiger partial charge in [0.05, 0.1) is 0 Å². The molecule has 0 aromatic carbocycles. The van der Waals surface area contributed by atoms with Gasteiger partial charge in [-0.3, -0.25) is 0 Å². The molecule has 0 aromatic rings. The molecular formula is C7H10BrCl5. The SMILES string of the molecule is ClC(Cl)CCCC(Br)CC(Cl)(Cl)Cl. The van der Waals surface area contributed by atoms with Crippen LogP contribution in [0, 0.1) is 0 Å². The van der Waals surface area contributed by atoms with Gasteiger partial charge >= 0.3 is 0 Å². The Morgan fingerprint density at radius 2 is 1.62 bits per heavy atom. The molecule has 0 radical (unpaired) electrons. The zero-order chi connectivity index (χ0) is 10.5. The largest absolute Gasteiger partial charge is 0.191 e. The summed E-state index contributed by atoms with van der Waals surface area (Å²) in [6.07, 6.45) is 3.09. The Kier molecular flexibility index (Phi) is 8.32. The van der Waals surface area contributed by atoms with Gasteiger partial charge in [0.25, 0.3) is 0 Å². The zero-order valence-electron chi connectivity index (χ0n) is 6.75. The van der Waals surface area contributed by atoms with E-state index in [2.05, 4.69) is 15.9 Å². The van der Waals surface area contributed by atoms with E-state index in [1.54, 1.807) is 0 Å². The van der Waals surface area contributed by atoms with E-state index in [9.17, 15) is 0 Å². The average Bonchev–Trinajstić information content (AvgIpc) is 1.81. The molecule has 0 spiro atoms. The number of halogens is 6. The molecule has 1 unspecified atom stereocenters. The second kappa shape index (κ2) is 7.24.